The van der Waals surface area contributed by atoms with Crippen LogP contribution in [0.3, 0.4) is 0 Å². The van der Waals surface area contributed by atoms with Gasteiger partial charge < -0.3 is 10.4 Å². The minimum absolute atomic E-state index is 0.114. The van der Waals surface area contributed by atoms with Crippen molar-refractivity contribution in [2.75, 3.05) is 6.54 Å². The van der Waals surface area contributed by atoms with Gasteiger partial charge in [0, 0.05) is 30.0 Å². The van der Waals surface area contributed by atoms with Crippen molar-refractivity contribution in [3.63, 3.8) is 0 Å². The summed E-state index contributed by atoms with van der Waals surface area (Å²) in [6.45, 7) is 1.71. The van der Waals surface area contributed by atoms with Crippen molar-refractivity contribution in [2.24, 2.45) is 5.92 Å². The van der Waals surface area contributed by atoms with E-state index in [1.54, 1.807) is 6.20 Å². The Kier molecular flexibility index (Phi) is 4.95. The highest BCUT2D eigenvalue weighted by atomic mass is 79.9. The van der Waals surface area contributed by atoms with Crippen LogP contribution in [0.5, 0.6) is 0 Å². The molecule has 2 rings (SSSR count). The first kappa shape index (κ1) is 13.0. The maximum atomic E-state index is 9.85. The van der Waals surface area contributed by atoms with E-state index in [0.717, 1.165) is 30.4 Å². The molecule has 2 atom stereocenters. The van der Waals surface area contributed by atoms with E-state index < -0.39 is 0 Å². The number of rotatable bonds is 4. The molecule has 1 heterocycles. The Morgan fingerprint density at radius 1 is 1.35 bits per heavy atom. The Hall–Kier alpha value is -0.450. The van der Waals surface area contributed by atoms with Gasteiger partial charge in [-0.1, -0.05) is 12.8 Å². The van der Waals surface area contributed by atoms with Gasteiger partial charge in [0.15, 0.2) is 0 Å². The van der Waals surface area contributed by atoms with Crippen LogP contribution in [0, 0.1) is 5.92 Å². The topological polar surface area (TPSA) is 45.1 Å². The quantitative estimate of drug-likeness (QED) is 0.898. The van der Waals surface area contributed by atoms with Gasteiger partial charge in [0.25, 0.3) is 0 Å². The second kappa shape index (κ2) is 6.47. The third-order valence-electron chi connectivity index (χ3n) is 3.37. The standard InChI is InChI=1S/C13H19BrN2O/c14-12-5-10(7-16-9-12)6-15-8-11-3-1-2-4-13(11)17/h5,7,9,11,13,15,17H,1-4,6,8H2. The third kappa shape index (κ3) is 4.05. The zero-order valence-electron chi connectivity index (χ0n) is 9.90. The molecule has 0 radical (unpaired) electrons. The van der Waals surface area contributed by atoms with Gasteiger partial charge in [-0.25, -0.2) is 0 Å². The summed E-state index contributed by atoms with van der Waals surface area (Å²) in [4.78, 5) is 4.13. The summed E-state index contributed by atoms with van der Waals surface area (Å²) in [5, 5.41) is 13.3. The number of hydrogen-bond acceptors (Lipinski definition) is 3. The van der Waals surface area contributed by atoms with E-state index >= 15 is 0 Å². The van der Waals surface area contributed by atoms with Gasteiger partial charge in [0.1, 0.15) is 0 Å². The molecule has 3 nitrogen and oxygen atoms in total. The Labute approximate surface area is 111 Å². The number of nitrogens with zero attached hydrogens (tertiary/aromatic N) is 1. The fraction of sp³-hybridized carbons (Fsp3) is 0.615. The molecule has 4 heteroatoms. The van der Waals surface area contributed by atoms with E-state index in [1.807, 2.05) is 6.20 Å². The van der Waals surface area contributed by atoms with Crippen LogP contribution >= 0.6 is 15.9 Å². The molecular formula is C13H19BrN2O. The average Bonchev–Trinajstić information content (AvgIpc) is 2.32. The van der Waals surface area contributed by atoms with Gasteiger partial charge in [-0.05, 0) is 46.3 Å². The maximum Gasteiger partial charge on any atom is 0.0580 e. The molecule has 1 aromatic heterocycles. The van der Waals surface area contributed by atoms with Crippen molar-refractivity contribution in [2.45, 2.75) is 38.3 Å². The third-order valence-corrected chi connectivity index (χ3v) is 3.80. The minimum atomic E-state index is -0.114. The fourth-order valence-corrected chi connectivity index (χ4v) is 2.79. The molecule has 0 spiro atoms. The van der Waals surface area contributed by atoms with Crippen LogP contribution in [0.4, 0.5) is 0 Å². The zero-order valence-corrected chi connectivity index (χ0v) is 11.5. The fourth-order valence-electron chi connectivity index (χ4n) is 2.38. The van der Waals surface area contributed by atoms with E-state index in [2.05, 4.69) is 32.3 Å². The molecule has 1 aliphatic carbocycles. The van der Waals surface area contributed by atoms with E-state index in [4.69, 9.17) is 0 Å². The van der Waals surface area contributed by atoms with Crippen molar-refractivity contribution >= 4 is 15.9 Å². The number of aliphatic hydroxyl groups is 1. The van der Waals surface area contributed by atoms with Crippen LogP contribution in [-0.4, -0.2) is 22.7 Å². The van der Waals surface area contributed by atoms with Gasteiger partial charge in [-0.3, -0.25) is 4.98 Å². The molecule has 1 saturated carbocycles. The Bertz CT molecular complexity index is 359. The molecule has 17 heavy (non-hydrogen) atoms. The second-order valence-corrected chi connectivity index (χ2v) is 5.67. The highest BCUT2D eigenvalue weighted by Gasteiger charge is 2.22. The van der Waals surface area contributed by atoms with E-state index in [1.165, 1.54) is 18.4 Å². The second-order valence-electron chi connectivity index (χ2n) is 4.75. The molecule has 94 valence electrons. The predicted molar refractivity (Wildman–Crippen MR) is 71.6 cm³/mol. The lowest BCUT2D eigenvalue weighted by atomic mass is 9.86. The Morgan fingerprint density at radius 3 is 2.94 bits per heavy atom. The van der Waals surface area contributed by atoms with Crippen LogP contribution in [0.25, 0.3) is 0 Å². The largest absolute Gasteiger partial charge is 0.393 e. The molecule has 1 aliphatic rings. The zero-order chi connectivity index (χ0) is 12.1. The van der Waals surface area contributed by atoms with Crippen LogP contribution in [0.1, 0.15) is 31.2 Å². The highest BCUT2D eigenvalue weighted by Crippen LogP contribution is 2.23. The number of aliphatic hydroxyl groups excluding tert-OH is 1. The number of nitrogens with one attached hydrogen (secondary N) is 1. The van der Waals surface area contributed by atoms with Crippen molar-refractivity contribution in [3.05, 3.63) is 28.5 Å². The monoisotopic (exact) mass is 298 g/mol. The lowest BCUT2D eigenvalue weighted by Gasteiger charge is -2.27. The summed E-state index contributed by atoms with van der Waals surface area (Å²) in [6, 6.07) is 2.07. The Balaban J connectivity index is 1.75. The molecular weight excluding hydrogens is 280 g/mol. The van der Waals surface area contributed by atoms with Gasteiger partial charge in [-0.2, -0.15) is 0 Å². The van der Waals surface area contributed by atoms with E-state index in [0.29, 0.717) is 5.92 Å². The number of halogens is 1. The van der Waals surface area contributed by atoms with Crippen molar-refractivity contribution < 1.29 is 5.11 Å². The smallest absolute Gasteiger partial charge is 0.0580 e. The summed E-state index contributed by atoms with van der Waals surface area (Å²) in [5.74, 6) is 0.420. The van der Waals surface area contributed by atoms with Gasteiger partial charge in [0.2, 0.25) is 0 Å². The minimum Gasteiger partial charge on any atom is -0.393 e. The summed E-state index contributed by atoms with van der Waals surface area (Å²) >= 11 is 3.41. The van der Waals surface area contributed by atoms with Crippen LogP contribution < -0.4 is 5.32 Å². The lowest BCUT2D eigenvalue weighted by Crippen LogP contribution is -2.33. The summed E-state index contributed by atoms with van der Waals surface area (Å²) < 4.78 is 1.01. The first-order valence-corrected chi connectivity index (χ1v) is 7.03. The molecule has 0 aliphatic heterocycles. The summed E-state index contributed by atoms with van der Waals surface area (Å²) in [5.41, 5.74) is 1.17. The molecule has 0 amide bonds. The molecule has 2 N–H and O–H groups in total. The van der Waals surface area contributed by atoms with E-state index in [9.17, 15) is 5.11 Å². The van der Waals surface area contributed by atoms with Gasteiger partial charge >= 0.3 is 0 Å². The first-order valence-electron chi connectivity index (χ1n) is 6.24. The molecule has 0 saturated heterocycles. The SMILES string of the molecule is OC1CCCCC1CNCc1cncc(Br)c1. The van der Waals surface area contributed by atoms with Crippen molar-refractivity contribution in [1.29, 1.82) is 0 Å². The van der Waals surface area contributed by atoms with Crippen molar-refractivity contribution in [1.82, 2.24) is 10.3 Å². The van der Waals surface area contributed by atoms with Crippen LogP contribution in [0.2, 0.25) is 0 Å². The van der Waals surface area contributed by atoms with Gasteiger partial charge in [0.05, 0.1) is 6.10 Å². The van der Waals surface area contributed by atoms with Crippen LogP contribution in [-0.2, 0) is 6.54 Å². The van der Waals surface area contributed by atoms with E-state index in [-0.39, 0.29) is 6.10 Å². The normalized spacial score (nSPS) is 24.8. The predicted octanol–water partition coefficient (Wildman–Crippen LogP) is 2.48. The molecule has 0 bridgehead atoms. The lowest BCUT2D eigenvalue weighted by molar-refractivity contribution is 0.0695. The molecule has 1 fully saturated rings. The Morgan fingerprint density at radius 2 is 2.18 bits per heavy atom. The van der Waals surface area contributed by atoms with Crippen LogP contribution in [0.15, 0.2) is 22.9 Å². The first-order chi connectivity index (χ1) is 8.25. The maximum absolute atomic E-state index is 9.85. The number of aromatic nitrogens is 1. The molecule has 2 unspecified atom stereocenters. The summed E-state index contributed by atoms with van der Waals surface area (Å²) in [6.07, 6.45) is 8.07. The molecule has 1 aromatic rings. The summed E-state index contributed by atoms with van der Waals surface area (Å²) in [7, 11) is 0. The van der Waals surface area contributed by atoms with Gasteiger partial charge in [-0.15, -0.1) is 0 Å². The molecule has 0 aromatic carbocycles. The number of hydrogen-bond donors (Lipinski definition) is 2. The number of pyridine rings is 1. The highest BCUT2D eigenvalue weighted by molar-refractivity contribution is 9.10. The average molecular weight is 299 g/mol. The van der Waals surface area contributed by atoms with Crippen molar-refractivity contribution in [3.8, 4) is 0 Å².